The first-order chi connectivity index (χ1) is 13.4. The van der Waals surface area contributed by atoms with Crippen LogP contribution in [0.4, 0.5) is 13.2 Å². The highest BCUT2D eigenvalue weighted by Crippen LogP contribution is 2.33. The Morgan fingerprint density at radius 3 is 2.43 bits per heavy atom. The fourth-order valence-electron chi connectivity index (χ4n) is 4.32. The molecule has 8 heteroatoms. The molecule has 2 aromatic rings. The number of rotatable bonds is 4. The van der Waals surface area contributed by atoms with Gasteiger partial charge in [0.15, 0.2) is 0 Å². The maximum Gasteiger partial charge on any atom is 0.449 e. The first-order valence-corrected chi connectivity index (χ1v) is 9.94. The van der Waals surface area contributed by atoms with Crippen molar-refractivity contribution in [2.45, 2.75) is 38.4 Å². The number of fused-ring (bicyclic) bond motifs is 1. The highest BCUT2D eigenvalue weighted by molar-refractivity contribution is 5.78. The average Bonchev–Trinajstić information content (AvgIpc) is 3.32. The average molecular weight is 394 g/mol. The number of hydrogen-bond acceptors (Lipinski definition) is 3. The number of benzene rings is 1. The standard InChI is InChI=1S/C20H25F3N4O/c21-20(22,23)19-24-16-5-1-2-6-17(16)27(19)13-15-7-11-25(12-8-15)14-18(28)26-9-3-4-10-26/h1-2,5-6,15H,3-4,7-14H2. The molecule has 0 spiro atoms. The summed E-state index contributed by atoms with van der Waals surface area (Å²) >= 11 is 0. The molecule has 0 bridgehead atoms. The number of aromatic nitrogens is 2. The van der Waals surface area contributed by atoms with Crippen LogP contribution in [0.5, 0.6) is 0 Å². The van der Waals surface area contributed by atoms with E-state index in [1.807, 2.05) is 4.90 Å². The molecular weight excluding hydrogens is 369 g/mol. The number of likely N-dealkylation sites (tertiary alicyclic amines) is 2. The van der Waals surface area contributed by atoms with E-state index in [2.05, 4.69) is 9.88 Å². The van der Waals surface area contributed by atoms with Gasteiger partial charge in [0.25, 0.3) is 0 Å². The molecule has 5 nitrogen and oxygen atoms in total. The van der Waals surface area contributed by atoms with Gasteiger partial charge in [-0.05, 0) is 56.8 Å². The summed E-state index contributed by atoms with van der Waals surface area (Å²) < 4.78 is 41.7. The molecule has 152 valence electrons. The molecule has 1 aromatic heterocycles. The number of hydrogen-bond donors (Lipinski definition) is 0. The van der Waals surface area contributed by atoms with Crippen molar-refractivity contribution in [2.24, 2.45) is 5.92 Å². The van der Waals surface area contributed by atoms with Crippen molar-refractivity contribution >= 4 is 16.9 Å². The van der Waals surface area contributed by atoms with Gasteiger partial charge in [-0.1, -0.05) is 12.1 Å². The van der Waals surface area contributed by atoms with Gasteiger partial charge in [0, 0.05) is 19.6 Å². The molecule has 28 heavy (non-hydrogen) atoms. The van der Waals surface area contributed by atoms with Crippen molar-refractivity contribution in [2.75, 3.05) is 32.7 Å². The molecular formula is C20H25F3N4O. The first kappa shape index (κ1) is 19.2. The highest BCUT2D eigenvalue weighted by Gasteiger charge is 2.38. The van der Waals surface area contributed by atoms with E-state index < -0.39 is 12.0 Å². The monoisotopic (exact) mass is 394 g/mol. The van der Waals surface area contributed by atoms with Crippen molar-refractivity contribution < 1.29 is 18.0 Å². The molecule has 0 saturated carbocycles. The first-order valence-electron chi connectivity index (χ1n) is 9.94. The van der Waals surface area contributed by atoms with Crippen LogP contribution in [0, 0.1) is 5.92 Å². The Kier molecular flexibility index (Phi) is 5.31. The van der Waals surface area contributed by atoms with Crippen molar-refractivity contribution in [3.05, 3.63) is 30.1 Å². The number of halogens is 3. The number of alkyl halides is 3. The SMILES string of the molecule is O=C(CN1CCC(Cn2c(C(F)(F)F)nc3ccccc32)CC1)N1CCCC1. The fourth-order valence-corrected chi connectivity index (χ4v) is 4.32. The third-order valence-electron chi connectivity index (χ3n) is 5.87. The third kappa shape index (κ3) is 4.01. The predicted octanol–water partition coefficient (Wildman–Crippen LogP) is 3.39. The molecule has 4 rings (SSSR count). The number of nitrogens with zero attached hydrogens (tertiary/aromatic N) is 4. The molecule has 3 heterocycles. The van der Waals surface area contributed by atoms with E-state index in [4.69, 9.17) is 0 Å². The second kappa shape index (κ2) is 7.73. The minimum absolute atomic E-state index is 0.150. The number of piperidine rings is 1. The maximum atomic E-state index is 13.5. The van der Waals surface area contributed by atoms with Crippen molar-refractivity contribution in [1.29, 1.82) is 0 Å². The molecule has 0 N–H and O–H groups in total. The van der Waals surface area contributed by atoms with Gasteiger partial charge in [0.1, 0.15) is 0 Å². The summed E-state index contributed by atoms with van der Waals surface area (Å²) in [4.78, 5) is 20.2. The van der Waals surface area contributed by atoms with Gasteiger partial charge in [-0.15, -0.1) is 0 Å². The Hall–Kier alpha value is -2.09. The van der Waals surface area contributed by atoms with Gasteiger partial charge in [-0.25, -0.2) is 4.98 Å². The van der Waals surface area contributed by atoms with Gasteiger partial charge in [0.2, 0.25) is 11.7 Å². The normalized spacial score (nSPS) is 19.6. The van der Waals surface area contributed by atoms with Crippen LogP contribution in [0.25, 0.3) is 11.0 Å². The summed E-state index contributed by atoms with van der Waals surface area (Å²) in [6, 6.07) is 6.76. The third-order valence-corrected chi connectivity index (χ3v) is 5.87. The zero-order valence-corrected chi connectivity index (χ0v) is 15.8. The van der Waals surface area contributed by atoms with Gasteiger partial charge >= 0.3 is 6.18 Å². The Balaban J connectivity index is 1.40. The fraction of sp³-hybridized carbons (Fsp3) is 0.600. The van der Waals surface area contributed by atoms with Gasteiger partial charge < -0.3 is 9.47 Å². The molecule has 1 aromatic carbocycles. The van der Waals surface area contributed by atoms with E-state index in [0.29, 0.717) is 24.1 Å². The number of imidazole rings is 1. The molecule has 0 aliphatic carbocycles. The van der Waals surface area contributed by atoms with Crippen LogP contribution >= 0.6 is 0 Å². The summed E-state index contributed by atoms with van der Waals surface area (Å²) in [7, 11) is 0. The molecule has 2 aliphatic rings. The molecule has 0 unspecified atom stereocenters. The van der Waals surface area contributed by atoms with Crippen LogP contribution in [0.1, 0.15) is 31.5 Å². The van der Waals surface area contributed by atoms with Crippen LogP contribution < -0.4 is 0 Å². The summed E-state index contributed by atoms with van der Waals surface area (Å²) in [5.74, 6) is -0.493. The minimum atomic E-state index is -4.47. The van der Waals surface area contributed by atoms with E-state index in [0.717, 1.165) is 51.9 Å². The smallest absolute Gasteiger partial charge is 0.342 e. The van der Waals surface area contributed by atoms with Crippen molar-refractivity contribution in [3.63, 3.8) is 0 Å². The number of para-hydroxylation sites is 2. The highest BCUT2D eigenvalue weighted by atomic mass is 19.4. The van der Waals surface area contributed by atoms with Crippen LogP contribution in [0.3, 0.4) is 0 Å². The molecule has 2 saturated heterocycles. The summed E-state index contributed by atoms with van der Waals surface area (Å²) in [6.07, 6.45) is -0.738. The van der Waals surface area contributed by atoms with E-state index in [1.54, 1.807) is 24.3 Å². The van der Waals surface area contributed by atoms with Crippen LogP contribution in [0.15, 0.2) is 24.3 Å². The summed E-state index contributed by atoms with van der Waals surface area (Å²) in [6.45, 7) is 3.93. The van der Waals surface area contributed by atoms with E-state index in [1.165, 1.54) is 4.57 Å². The maximum absolute atomic E-state index is 13.5. The second-order valence-electron chi connectivity index (χ2n) is 7.84. The zero-order valence-electron chi connectivity index (χ0n) is 15.8. The summed E-state index contributed by atoms with van der Waals surface area (Å²) in [5.41, 5.74) is 0.907. The molecule has 0 radical (unpaired) electrons. The molecule has 0 atom stereocenters. The Morgan fingerprint density at radius 2 is 1.75 bits per heavy atom. The van der Waals surface area contributed by atoms with Gasteiger partial charge in [-0.3, -0.25) is 9.69 Å². The largest absolute Gasteiger partial charge is 0.449 e. The summed E-state index contributed by atoms with van der Waals surface area (Å²) in [5, 5.41) is 0. The van der Waals surface area contributed by atoms with Crippen molar-refractivity contribution in [1.82, 2.24) is 19.4 Å². The quantitative estimate of drug-likeness (QED) is 0.798. The lowest BCUT2D eigenvalue weighted by molar-refractivity contribution is -0.147. The molecule has 1 amide bonds. The second-order valence-corrected chi connectivity index (χ2v) is 7.84. The number of carbonyl (C=O) groups excluding carboxylic acids is 1. The van der Waals surface area contributed by atoms with Crippen molar-refractivity contribution in [3.8, 4) is 0 Å². The van der Waals surface area contributed by atoms with Crippen LogP contribution in [-0.4, -0.2) is 58.0 Å². The van der Waals surface area contributed by atoms with Crippen LogP contribution in [0.2, 0.25) is 0 Å². The number of amides is 1. The van der Waals surface area contributed by atoms with Gasteiger partial charge in [-0.2, -0.15) is 13.2 Å². The topological polar surface area (TPSA) is 41.4 Å². The lowest BCUT2D eigenvalue weighted by atomic mass is 9.96. The predicted molar refractivity (Wildman–Crippen MR) is 99.7 cm³/mol. The Morgan fingerprint density at radius 1 is 1.07 bits per heavy atom. The van der Waals surface area contributed by atoms with Crippen LogP contribution in [-0.2, 0) is 17.5 Å². The zero-order chi connectivity index (χ0) is 19.7. The Bertz CT molecular complexity index is 834. The lowest BCUT2D eigenvalue weighted by Gasteiger charge is -2.33. The number of carbonyl (C=O) groups is 1. The molecule has 2 fully saturated rings. The lowest BCUT2D eigenvalue weighted by Crippen LogP contribution is -2.43. The van der Waals surface area contributed by atoms with E-state index in [9.17, 15) is 18.0 Å². The van der Waals surface area contributed by atoms with E-state index >= 15 is 0 Å². The van der Waals surface area contributed by atoms with E-state index in [-0.39, 0.29) is 11.8 Å². The van der Waals surface area contributed by atoms with Gasteiger partial charge in [0.05, 0.1) is 17.6 Å². The minimum Gasteiger partial charge on any atom is -0.342 e. The Labute approximate surface area is 162 Å². The molecule has 2 aliphatic heterocycles.